The molecule has 3 rings (SSSR count). The summed E-state index contributed by atoms with van der Waals surface area (Å²) in [4.78, 5) is 25.0. The maximum absolute atomic E-state index is 13.9. The van der Waals surface area contributed by atoms with Crippen LogP contribution in [0.2, 0.25) is 0 Å². The van der Waals surface area contributed by atoms with Gasteiger partial charge in [-0.2, -0.15) is 0 Å². The predicted octanol–water partition coefficient (Wildman–Crippen LogP) is 4.38. The highest BCUT2D eigenvalue weighted by atomic mass is 19.1. The van der Waals surface area contributed by atoms with Crippen molar-refractivity contribution in [2.45, 2.75) is 45.9 Å². The van der Waals surface area contributed by atoms with Gasteiger partial charge in [-0.05, 0) is 44.0 Å². The fourth-order valence-corrected chi connectivity index (χ4v) is 3.42. The number of hydrogen-bond acceptors (Lipinski definition) is 5. The molecule has 8 heteroatoms. The number of nitrogens with one attached hydrogen (secondary N) is 2. The molecule has 1 aliphatic heterocycles. The summed E-state index contributed by atoms with van der Waals surface area (Å²) in [7, 11) is 1.48. The average molecular weight is 442 g/mol. The number of methoxy groups -OCH3 is 1. The van der Waals surface area contributed by atoms with Crippen molar-refractivity contribution >= 4 is 12.0 Å². The highest BCUT2D eigenvalue weighted by Gasteiger charge is 2.34. The number of esters is 1. The fraction of sp³-hybridized carbons (Fsp3) is 0.333. The standard InChI is InChI=1S/C24H27FN2O5/c1-5-18-21(23(28)32-14(2)3)22(27-24(29)26-18)15-10-11-19(20(12-15)30-4)31-13-16-8-6-7-9-17(16)25/h6-12,14,22H,5,13H2,1-4H3,(H2,26,27,29). The smallest absolute Gasteiger partial charge is 0.338 e. The molecule has 1 heterocycles. The van der Waals surface area contributed by atoms with Crippen LogP contribution in [-0.2, 0) is 16.1 Å². The molecule has 1 unspecified atom stereocenters. The summed E-state index contributed by atoms with van der Waals surface area (Å²) in [6.07, 6.45) is 0.142. The van der Waals surface area contributed by atoms with E-state index in [1.807, 2.05) is 6.92 Å². The first kappa shape index (κ1) is 23.1. The molecule has 1 aliphatic rings. The topological polar surface area (TPSA) is 85.9 Å². The Balaban J connectivity index is 1.92. The zero-order valence-electron chi connectivity index (χ0n) is 18.5. The fourth-order valence-electron chi connectivity index (χ4n) is 3.42. The molecule has 0 bridgehead atoms. The molecule has 1 atom stereocenters. The Bertz CT molecular complexity index is 1030. The number of urea groups is 1. The quantitative estimate of drug-likeness (QED) is 0.593. The van der Waals surface area contributed by atoms with Crippen molar-refractivity contribution in [3.63, 3.8) is 0 Å². The third-order valence-corrected chi connectivity index (χ3v) is 4.93. The van der Waals surface area contributed by atoms with E-state index in [1.165, 1.54) is 13.2 Å². The molecule has 2 aromatic carbocycles. The second-order valence-corrected chi connectivity index (χ2v) is 7.52. The molecule has 0 aliphatic carbocycles. The Morgan fingerprint density at radius 2 is 1.91 bits per heavy atom. The van der Waals surface area contributed by atoms with E-state index in [4.69, 9.17) is 14.2 Å². The van der Waals surface area contributed by atoms with Crippen LogP contribution in [0.15, 0.2) is 53.7 Å². The van der Waals surface area contributed by atoms with Crippen LogP contribution in [0.4, 0.5) is 9.18 Å². The Morgan fingerprint density at radius 3 is 2.56 bits per heavy atom. The molecule has 0 radical (unpaired) electrons. The number of benzene rings is 2. The minimum Gasteiger partial charge on any atom is -0.493 e. The van der Waals surface area contributed by atoms with E-state index < -0.39 is 18.0 Å². The number of allylic oxidation sites excluding steroid dienone is 1. The minimum atomic E-state index is -0.723. The number of ether oxygens (including phenoxy) is 3. The van der Waals surface area contributed by atoms with Gasteiger partial charge in [0.2, 0.25) is 0 Å². The van der Waals surface area contributed by atoms with Gasteiger partial charge in [-0.25, -0.2) is 14.0 Å². The largest absolute Gasteiger partial charge is 0.493 e. The molecule has 0 saturated carbocycles. The van der Waals surface area contributed by atoms with Crippen LogP contribution in [0.5, 0.6) is 11.5 Å². The van der Waals surface area contributed by atoms with Crippen molar-refractivity contribution in [3.05, 3.63) is 70.7 Å². The number of halogens is 1. The van der Waals surface area contributed by atoms with Gasteiger partial charge < -0.3 is 24.8 Å². The van der Waals surface area contributed by atoms with E-state index in [2.05, 4.69) is 10.6 Å². The summed E-state index contributed by atoms with van der Waals surface area (Å²) in [6, 6.07) is 10.3. The first-order valence-electron chi connectivity index (χ1n) is 10.4. The van der Waals surface area contributed by atoms with Crippen LogP contribution < -0.4 is 20.1 Å². The molecule has 7 nitrogen and oxygen atoms in total. The van der Waals surface area contributed by atoms with E-state index in [1.54, 1.807) is 50.2 Å². The molecule has 0 aromatic heterocycles. The molecule has 2 aromatic rings. The monoisotopic (exact) mass is 442 g/mol. The van der Waals surface area contributed by atoms with Crippen molar-refractivity contribution < 1.29 is 28.2 Å². The van der Waals surface area contributed by atoms with E-state index in [-0.39, 0.29) is 18.5 Å². The lowest BCUT2D eigenvalue weighted by Crippen LogP contribution is -2.46. The van der Waals surface area contributed by atoms with Gasteiger partial charge in [-0.15, -0.1) is 0 Å². The number of rotatable bonds is 8. The van der Waals surface area contributed by atoms with E-state index in [0.29, 0.717) is 40.3 Å². The van der Waals surface area contributed by atoms with Crippen molar-refractivity contribution in [3.8, 4) is 11.5 Å². The third-order valence-electron chi connectivity index (χ3n) is 4.93. The van der Waals surface area contributed by atoms with Gasteiger partial charge in [-0.1, -0.05) is 31.2 Å². The molecule has 2 amide bonds. The van der Waals surface area contributed by atoms with Gasteiger partial charge in [0.15, 0.2) is 11.5 Å². The van der Waals surface area contributed by atoms with Gasteiger partial charge in [0.25, 0.3) is 0 Å². The zero-order valence-corrected chi connectivity index (χ0v) is 18.5. The van der Waals surface area contributed by atoms with Gasteiger partial charge in [0.05, 0.1) is 24.8 Å². The van der Waals surface area contributed by atoms with E-state index in [9.17, 15) is 14.0 Å². The lowest BCUT2D eigenvalue weighted by Gasteiger charge is -2.30. The molecule has 170 valence electrons. The van der Waals surface area contributed by atoms with Crippen LogP contribution in [0.3, 0.4) is 0 Å². The first-order valence-corrected chi connectivity index (χ1v) is 10.4. The molecule has 32 heavy (non-hydrogen) atoms. The number of amides is 2. The zero-order chi connectivity index (χ0) is 23.3. The second kappa shape index (κ2) is 10.2. The van der Waals surface area contributed by atoms with Gasteiger partial charge >= 0.3 is 12.0 Å². The van der Waals surface area contributed by atoms with Crippen LogP contribution in [-0.4, -0.2) is 25.2 Å². The molecular formula is C24H27FN2O5. The lowest BCUT2D eigenvalue weighted by atomic mass is 9.94. The van der Waals surface area contributed by atoms with Crippen molar-refractivity contribution in [2.75, 3.05) is 7.11 Å². The summed E-state index contributed by atoms with van der Waals surface area (Å²) in [6.45, 7) is 5.40. The first-order chi connectivity index (χ1) is 15.3. The predicted molar refractivity (Wildman–Crippen MR) is 117 cm³/mol. The maximum Gasteiger partial charge on any atom is 0.338 e. The normalized spacial score (nSPS) is 15.8. The molecule has 0 saturated heterocycles. The van der Waals surface area contributed by atoms with Crippen LogP contribution in [0.25, 0.3) is 0 Å². The van der Waals surface area contributed by atoms with Crippen molar-refractivity contribution in [1.29, 1.82) is 0 Å². The maximum atomic E-state index is 13.9. The summed E-state index contributed by atoms with van der Waals surface area (Å²) in [5.74, 6) is -0.0637. The Hall–Kier alpha value is -3.55. The van der Waals surface area contributed by atoms with Crippen LogP contribution in [0.1, 0.15) is 44.4 Å². The molecule has 0 fully saturated rings. The number of carbonyl (C=O) groups excluding carboxylic acids is 2. The Morgan fingerprint density at radius 1 is 1.16 bits per heavy atom. The van der Waals surface area contributed by atoms with Gasteiger partial charge in [0, 0.05) is 11.3 Å². The summed E-state index contributed by atoms with van der Waals surface area (Å²) in [5, 5.41) is 5.47. The Kier molecular flexibility index (Phi) is 7.35. The van der Waals surface area contributed by atoms with Gasteiger partial charge in [0.1, 0.15) is 12.4 Å². The SMILES string of the molecule is CCC1=C(C(=O)OC(C)C)C(c2ccc(OCc3ccccc3F)c(OC)c2)NC(=O)N1. The summed E-state index contributed by atoms with van der Waals surface area (Å²) in [5.41, 5.74) is 1.88. The molecule has 0 spiro atoms. The van der Waals surface area contributed by atoms with Gasteiger partial charge in [-0.3, -0.25) is 0 Å². The summed E-state index contributed by atoms with van der Waals surface area (Å²) >= 11 is 0. The Labute approximate surface area is 186 Å². The number of carbonyl (C=O) groups is 2. The van der Waals surface area contributed by atoms with Crippen molar-refractivity contribution in [1.82, 2.24) is 10.6 Å². The summed E-state index contributed by atoms with van der Waals surface area (Å²) < 4.78 is 30.5. The number of hydrogen-bond donors (Lipinski definition) is 2. The molecule has 2 N–H and O–H groups in total. The molecular weight excluding hydrogens is 415 g/mol. The third kappa shape index (κ3) is 5.19. The highest BCUT2D eigenvalue weighted by molar-refractivity contribution is 5.95. The van der Waals surface area contributed by atoms with Crippen molar-refractivity contribution in [2.24, 2.45) is 0 Å². The minimum absolute atomic E-state index is 0.0261. The van der Waals surface area contributed by atoms with Crippen LogP contribution in [0, 0.1) is 5.82 Å². The average Bonchev–Trinajstić information content (AvgIpc) is 2.77. The van der Waals surface area contributed by atoms with E-state index >= 15 is 0 Å². The van der Waals surface area contributed by atoms with Crippen LogP contribution >= 0.6 is 0 Å². The highest BCUT2D eigenvalue weighted by Crippen LogP contribution is 2.35. The second-order valence-electron chi connectivity index (χ2n) is 7.52. The van der Waals surface area contributed by atoms with E-state index in [0.717, 1.165) is 0 Å². The lowest BCUT2D eigenvalue weighted by molar-refractivity contribution is -0.143.